The van der Waals surface area contributed by atoms with E-state index in [1.807, 2.05) is 13.8 Å². The number of hydrogen-bond acceptors (Lipinski definition) is 4. The largest absolute Gasteiger partial charge is 0.507 e. The van der Waals surface area contributed by atoms with E-state index in [9.17, 15) is 5.11 Å². The molecule has 134 valence electrons. The summed E-state index contributed by atoms with van der Waals surface area (Å²) < 4.78 is 10.9. The molecule has 2 aromatic carbocycles. The van der Waals surface area contributed by atoms with Crippen LogP contribution in [0, 0.1) is 13.8 Å². The van der Waals surface area contributed by atoms with Gasteiger partial charge in [0.25, 0.3) is 0 Å². The molecule has 25 heavy (non-hydrogen) atoms. The summed E-state index contributed by atoms with van der Waals surface area (Å²) in [6.45, 7) is 8.03. The smallest absolute Gasteiger partial charge is 0.161 e. The maximum absolute atomic E-state index is 9.99. The lowest BCUT2D eigenvalue weighted by Gasteiger charge is -2.36. The number of phenolic OH excluding ortho intramolecular Hbond substituents is 1. The molecule has 1 N–H and O–H groups in total. The fourth-order valence-electron chi connectivity index (χ4n) is 3.78. The molecule has 2 aromatic rings. The summed E-state index contributed by atoms with van der Waals surface area (Å²) in [5.41, 5.74) is 5.75. The number of fused-ring (bicyclic) bond motifs is 1. The molecule has 0 spiro atoms. The monoisotopic (exact) mass is 341 g/mol. The lowest BCUT2D eigenvalue weighted by Crippen LogP contribution is -2.33. The second-order valence-electron chi connectivity index (χ2n) is 6.88. The number of nitrogens with zero attached hydrogens (tertiary/aromatic N) is 1. The van der Waals surface area contributed by atoms with Crippen LogP contribution in [0.2, 0.25) is 0 Å². The van der Waals surface area contributed by atoms with Crippen molar-refractivity contribution in [1.29, 1.82) is 0 Å². The highest BCUT2D eigenvalue weighted by molar-refractivity contribution is 5.49. The van der Waals surface area contributed by atoms with Gasteiger partial charge in [0.15, 0.2) is 11.5 Å². The summed E-state index contributed by atoms with van der Waals surface area (Å²) in [7, 11) is 3.36. The van der Waals surface area contributed by atoms with E-state index in [2.05, 4.69) is 36.1 Å². The lowest BCUT2D eigenvalue weighted by atomic mass is 9.92. The maximum atomic E-state index is 9.99. The zero-order valence-corrected chi connectivity index (χ0v) is 15.7. The first kappa shape index (κ1) is 17.6. The third-order valence-electron chi connectivity index (χ3n) is 5.25. The van der Waals surface area contributed by atoms with Crippen molar-refractivity contribution in [2.24, 2.45) is 0 Å². The highest BCUT2D eigenvalue weighted by atomic mass is 16.5. The number of aryl methyl sites for hydroxylation is 2. The number of ether oxygens (including phenoxy) is 2. The van der Waals surface area contributed by atoms with Gasteiger partial charge in [-0.05, 0) is 67.1 Å². The van der Waals surface area contributed by atoms with Crippen LogP contribution in [0.3, 0.4) is 0 Å². The number of hydrogen-bond donors (Lipinski definition) is 1. The Bertz CT molecular complexity index is 762. The summed E-state index contributed by atoms with van der Waals surface area (Å²) in [4.78, 5) is 2.47. The van der Waals surface area contributed by atoms with Crippen molar-refractivity contribution >= 4 is 0 Å². The first-order chi connectivity index (χ1) is 11.9. The van der Waals surface area contributed by atoms with Gasteiger partial charge in [0.05, 0.1) is 14.2 Å². The van der Waals surface area contributed by atoms with Gasteiger partial charge in [0.2, 0.25) is 0 Å². The van der Waals surface area contributed by atoms with E-state index in [-0.39, 0.29) is 0 Å². The quantitative estimate of drug-likeness (QED) is 0.907. The van der Waals surface area contributed by atoms with Crippen LogP contribution in [0.5, 0.6) is 17.2 Å². The first-order valence-electron chi connectivity index (χ1n) is 8.72. The van der Waals surface area contributed by atoms with Crippen LogP contribution < -0.4 is 9.47 Å². The zero-order chi connectivity index (χ0) is 18.1. The molecule has 3 rings (SSSR count). The summed E-state index contributed by atoms with van der Waals surface area (Å²) in [5.74, 6) is 1.98. The van der Waals surface area contributed by atoms with Gasteiger partial charge in [-0.3, -0.25) is 4.90 Å². The molecular formula is C21H27NO3. The number of aromatic hydroxyl groups is 1. The van der Waals surface area contributed by atoms with Crippen LogP contribution in [0.15, 0.2) is 24.3 Å². The van der Waals surface area contributed by atoms with Crippen LogP contribution in [0.25, 0.3) is 0 Å². The Labute approximate surface area is 150 Å². The Morgan fingerprint density at radius 2 is 1.64 bits per heavy atom. The molecule has 0 radical (unpaired) electrons. The molecule has 4 heteroatoms. The molecule has 1 heterocycles. The van der Waals surface area contributed by atoms with Crippen LogP contribution >= 0.6 is 0 Å². The number of methoxy groups -OCH3 is 2. The van der Waals surface area contributed by atoms with Crippen molar-refractivity contribution in [1.82, 2.24) is 4.90 Å². The SMILES string of the molecule is COc1cc2c(cc1OC)C(C)N(Cc1cc(C)c(O)c(C)c1)CC2. The Balaban J connectivity index is 1.87. The first-order valence-corrected chi connectivity index (χ1v) is 8.72. The van der Waals surface area contributed by atoms with E-state index < -0.39 is 0 Å². The second kappa shape index (κ2) is 6.96. The van der Waals surface area contributed by atoms with Gasteiger partial charge in [0.1, 0.15) is 5.75 Å². The minimum atomic E-state index is 0.304. The molecule has 1 unspecified atom stereocenters. The van der Waals surface area contributed by atoms with Crippen molar-refractivity contribution in [3.8, 4) is 17.2 Å². The molecule has 0 aromatic heterocycles. The topological polar surface area (TPSA) is 41.9 Å². The predicted molar refractivity (Wildman–Crippen MR) is 99.7 cm³/mol. The Kier molecular flexibility index (Phi) is 4.91. The van der Waals surface area contributed by atoms with Crippen molar-refractivity contribution < 1.29 is 14.6 Å². The van der Waals surface area contributed by atoms with Crippen LogP contribution in [-0.4, -0.2) is 30.8 Å². The predicted octanol–water partition coefficient (Wildman–Crippen LogP) is 4.15. The fraction of sp³-hybridized carbons (Fsp3) is 0.429. The lowest BCUT2D eigenvalue weighted by molar-refractivity contribution is 0.188. The summed E-state index contributed by atoms with van der Waals surface area (Å²) in [6, 6.07) is 8.69. The number of rotatable bonds is 4. The molecule has 0 saturated heterocycles. The summed E-state index contributed by atoms with van der Waals surface area (Å²) in [5, 5.41) is 9.99. The normalized spacial score (nSPS) is 17.2. The number of benzene rings is 2. The van der Waals surface area contributed by atoms with Crippen LogP contribution in [0.4, 0.5) is 0 Å². The Morgan fingerprint density at radius 3 is 2.24 bits per heavy atom. The average Bonchev–Trinajstić information content (AvgIpc) is 2.61. The highest BCUT2D eigenvalue weighted by Crippen LogP contribution is 2.38. The third kappa shape index (κ3) is 3.31. The molecular weight excluding hydrogens is 314 g/mol. The number of phenols is 1. The van der Waals surface area contributed by atoms with Crippen LogP contribution in [0.1, 0.15) is 40.8 Å². The summed E-state index contributed by atoms with van der Waals surface area (Å²) >= 11 is 0. The van der Waals surface area contributed by atoms with Gasteiger partial charge in [-0.2, -0.15) is 0 Å². The van der Waals surface area contributed by atoms with E-state index in [4.69, 9.17) is 9.47 Å². The minimum Gasteiger partial charge on any atom is -0.507 e. The Morgan fingerprint density at radius 1 is 1.04 bits per heavy atom. The van der Waals surface area contributed by atoms with Crippen molar-refractivity contribution in [2.75, 3.05) is 20.8 Å². The van der Waals surface area contributed by atoms with Crippen molar-refractivity contribution in [3.05, 3.63) is 52.1 Å². The van der Waals surface area contributed by atoms with Crippen molar-refractivity contribution in [3.63, 3.8) is 0 Å². The van der Waals surface area contributed by atoms with Gasteiger partial charge < -0.3 is 14.6 Å². The molecule has 0 bridgehead atoms. The fourth-order valence-corrected chi connectivity index (χ4v) is 3.78. The summed E-state index contributed by atoms with van der Waals surface area (Å²) in [6.07, 6.45) is 0.996. The highest BCUT2D eigenvalue weighted by Gasteiger charge is 2.26. The minimum absolute atomic E-state index is 0.304. The van der Waals surface area contributed by atoms with Gasteiger partial charge in [0, 0.05) is 19.1 Å². The molecule has 0 amide bonds. The third-order valence-corrected chi connectivity index (χ3v) is 5.25. The van der Waals surface area contributed by atoms with E-state index in [0.29, 0.717) is 11.8 Å². The molecule has 1 aliphatic rings. The van der Waals surface area contributed by atoms with E-state index in [0.717, 1.165) is 42.1 Å². The maximum Gasteiger partial charge on any atom is 0.161 e. The van der Waals surface area contributed by atoms with Gasteiger partial charge >= 0.3 is 0 Å². The Hall–Kier alpha value is -2.20. The van der Waals surface area contributed by atoms with Crippen LogP contribution in [-0.2, 0) is 13.0 Å². The van der Waals surface area contributed by atoms with Crippen molar-refractivity contribution in [2.45, 2.75) is 39.8 Å². The van der Waals surface area contributed by atoms with Gasteiger partial charge in [-0.15, -0.1) is 0 Å². The standard InChI is InChI=1S/C21H27NO3/c1-13-8-16(9-14(2)21(13)23)12-22-7-6-17-10-19(24-4)20(25-5)11-18(17)15(22)3/h8-11,15,23H,6-7,12H2,1-5H3. The second-order valence-corrected chi connectivity index (χ2v) is 6.88. The van der Waals surface area contributed by atoms with E-state index in [1.165, 1.54) is 16.7 Å². The zero-order valence-electron chi connectivity index (χ0n) is 15.7. The van der Waals surface area contributed by atoms with E-state index in [1.54, 1.807) is 14.2 Å². The van der Waals surface area contributed by atoms with E-state index >= 15 is 0 Å². The van der Waals surface area contributed by atoms with Gasteiger partial charge in [-0.25, -0.2) is 0 Å². The van der Waals surface area contributed by atoms with Gasteiger partial charge in [-0.1, -0.05) is 12.1 Å². The molecule has 0 aliphatic carbocycles. The molecule has 0 fully saturated rings. The molecule has 1 atom stereocenters. The average molecular weight is 341 g/mol. The molecule has 0 saturated carbocycles. The molecule has 1 aliphatic heterocycles. The molecule has 4 nitrogen and oxygen atoms in total.